The number of likely N-dealkylation sites (tertiary alicyclic amines) is 1. The van der Waals surface area contributed by atoms with Crippen molar-refractivity contribution < 1.29 is 9.53 Å². The van der Waals surface area contributed by atoms with Crippen molar-refractivity contribution in [1.29, 1.82) is 5.41 Å². The molecule has 27 heavy (non-hydrogen) atoms. The number of benzene rings is 2. The molecule has 0 aromatic heterocycles. The first-order chi connectivity index (χ1) is 13.2. The molecule has 2 aromatic carbocycles. The number of hydrogen-bond donors (Lipinski definition) is 2. The summed E-state index contributed by atoms with van der Waals surface area (Å²) in [7, 11) is 0. The van der Waals surface area contributed by atoms with Gasteiger partial charge in [0.2, 0.25) is 0 Å². The van der Waals surface area contributed by atoms with E-state index in [0.717, 1.165) is 24.8 Å². The van der Waals surface area contributed by atoms with E-state index in [1.54, 1.807) is 4.90 Å². The van der Waals surface area contributed by atoms with Gasteiger partial charge in [0.05, 0.1) is 18.8 Å². The van der Waals surface area contributed by atoms with Crippen LogP contribution in [0.3, 0.4) is 0 Å². The molecule has 2 fully saturated rings. The molecule has 1 saturated heterocycles. The monoisotopic (exact) mass is 363 g/mol. The highest BCUT2D eigenvalue weighted by atomic mass is 16.5. The largest absolute Gasteiger partial charge is 0.373 e. The number of hydrogen-bond acceptors (Lipinski definition) is 3. The fraction of sp³-hybridized carbons (Fsp3) is 0.364. The van der Waals surface area contributed by atoms with E-state index in [1.165, 1.54) is 5.56 Å². The lowest BCUT2D eigenvalue weighted by Gasteiger charge is -2.37. The van der Waals surface area contributed by atoms with E-state index in [-0.39, 0.29) is 24.2 Å². The molecule has 2 aliphatic rings. The Balaban J connectivity index is 1.27. The van der Waals surface area contributed by atoms with Gasteiger partial charge in [0.15, 0.2) is 0 Å². The Labute approximate surface area is 159 Å². The Hall–Kier alpha value is -2.66. The highest BCUT2D eigenvalue weighted by Crippen LogP contribution is 2.33. The molecule has 1 atom stereocenters. The topological polar surface area (TPSA) is 65.4 Å². The number of carbonyl (C=O) groups is 1. The Bertz CT molecular complexity index is 788. The molecule has 0 spiro atoms. The molecule has 4 rings (SSSR count). The van der Waals surface area contributed by atoms with Crippen molar-refractivity contribution in [2.24, 2.45) is 0 Å². The predicted molar refractivity (Wildman–Crippen MR) is 105 cm³/mol. The molecule has 0 unspecified atom stereocenters. The first-order valence-electron chi connectivity index (χ1n) is 9.58. The summed E-state index contributed by atoms with van der Waals surface area (Å²) in [6.45, 7) is 0.610. The van der Waals surface area contributed by atoms with Crippen molar-refractivity contribution in [2.75, 3.05) is 0 Å². The zero-order valence-electron chi connectivity index (χ0n) is 15.3. The Morgan fingerprint density at radius 2 is 1.74 bits per heavy atom. The number of amidine groups is 1. The van der Waals surface area contributed by atoms with E-state index >= 15 is 0 Å². The fourth-order valence-electron chi connectivity index (χ4n) is 3.82. The second-order valence-corrected chi connectivity index (χ2v) is 7.32. The molecule has 0 bridgehead atoms. The molecule has 1 aliphatic heterocycles. The zero-order valence-corrected chi connectivity index (χ0v) is 15.3. The van der Waals surface area contributed by atoms with Crippen LogP contribution in [0.15, 0.2) is 60.7 Å². The quantitative estimate of drug-likeness (QED) is 0.834. The maximum absolute atomic E-state index is 12.8. The van der Waals surface area contributed by atoms with Gasteiger partial charge in [0, 0.05) is 12.5 Å². The number of nitrogens with zero attached hydrogens (tertiary/aromatic N) is 1. The lowest BCUT2D eigenvalue weighted by molar-refractivity contribution is -0.0246. The number of amides is 2. The van der Waals surface area contributed by atoms with Gasteiger partial charge < -0.3 is 10.1 Å². The van der Waals surface area contributed by atoms with Gasteiger partial charge in [-0.2, -0.15) is 0 Å². The van der Waals surface area contributed by atoms with Crippen molar-refractivity contribution in [2.45, 2.75) is 50.5 Å². The molecule has 1 saturated carbocycles. The van der Waals surface area contributed by atoms with Gasteiger partial charge in [-0.15, -0.1) is 0 Å². The zero-order chi connectivity index (χ0) is 18.6. The minimum absolute atomic E-state index is 0.0381. The van der Waals surface area contributed by atoms with Gasteiger partial charge in [-0.3, -0.25) is 10.3 Å². The Morgan fingerprint density at radius 3 is 2.44 bits per heavy atom. The second kappa shape index (κ2) is 7.92. The van der Waals surface area contributed by atoms with Crippen LogP contribution in [0.25, 0.3) is 0 Å². The molecule has 5 heteroatoms. The molecule has 140 valence electrons. The summed E-state index contributed by atoms with van der Waals surface area (Å²) in [5, 5.41) is 11.3. The van der Waals surface area contributed by atoms with Gasteiger partial charge in [0.25, 0.3) is 0 Å². The summed E-state index contributed by atoms with van der Waals surface area (Å²) >= 11 is 0. The molecule has 5 nitrogen and oxygen atoms in total. The standard InChI is InChI=1S/C22H25N3O2/c23-21-12-11-20(17-9-5-2-6-10-17)25(21)22(26)24-18-13-19(14-18)27-15-16-7-3-1-4-8-16/h1-10,18-20,23H,11-15H2,(H,24,26)/t18?,19?,20-/m0/s1. The molecule has 0 radical (unpaired) electrons. The van der Waals surface area contributed by atoms with E-state index in [4.69, 9.17) is 10.1 Å². The van der Waals surface area contributed by atoms with Crippen LogP contribution >= 0.6 is 0 Å². The smallest absolute Gasteiger partial charge is 0.323 e. The van der Waals surface area contributed by atoms with Crippen molar-refractivity contribution in [3.05, 3.63) is 71.8 Å². The van der Waals surface area contributed by atoms with Crippen molar-refractivity contribution in [1.82, 2.24) is 10.2 Å². The molecular formula is C22H25N3O2. The predicted octanol–water partition coefficient (Wildman–Crippen LogP) is 4.26. The number of urea groups is 1. The number of nitrogens with one attached hydrogen (secondary N) is 2. The van der Waals surface area contributed by atoms with Gasteiger partial charge in [-0.05, 0) is 30.4 Å². The lowest BCUT2D eigenvalue weighted by Crippen LogP contribution is -2.52. The van der Waals surface area contributed by atoms with Crippen LogP contribution < -0.4 is 5.32 Å². The van der Waals surface area contributed by atoms with E-state index in [1.807, 2.05) is 48.5 Å². The minimum Gasteiger partial charge on any atom is -0.373 e. The molecular weight excluding hydrogens is 338 g/mol. The average molecular weight is 363 g/mol. The normalized spacial score (nSPS) is 24.5. The summed E-state index contributed by atoms with van der Waals surface area (Å²) in [5.41, 5.74) is 2.26. The van der Waals surface area contributed by atoms with Gasteiger partial charge in [0.1, 0.15) is 5.84 Å². The number of ether oxygens (including phenoxy) is 1. The molecule has 1 aliphatic carbocycles. The summed E-state index contributed by atoms with van der Waals surface area (Å²) in [6, 6.07) is 20.1. The van der Waals surface area contributed by atoms with Crippen LogP contribution in [-0.4, -0.2) is 28.9 Å². The van der Waals surface area contributed by atoms with E-state index in [2.05, 4.69) is 17.4 Å². The maximum Gasteiger partial charge on any atom is 0.323 e. The fourth-order valence-corrected chi connectivity index (χ4v) is 3.82. The van der Waals surface area contributed by atoms with Crippen molar-refractivity contribution in [3.63, 3.8) is 0 Å². The maximum atomic E-state index is 12.8. The third-order valence-corrected chi connectivity index (χ3v) is 5.41. The SMILES string of the molecule is N=C1CC[C@@H](c2ccccc2)N1C(=O)NC1CC(OCc2ccccc2)C1. The van der Waals surface area contributed by atoms with Crippen molar-refractivity contribution >= 4 is 11.9 Å². The van der Waals surface area contributed by atoms with E-state index in [9.17, 15) is 4.79 Å². The van der Waals surface area contributed by atoms with Crippen LogP contribution in [-0.2, 0) is 11.3 Å². The lowest BCUT2D eigenvalue weighted by atomic mass is 9.89. The van der Waals surface area contributed by atoms with Crippen LogP contribution in [0.2, 0.25) is 0 Å². The van der Waals surface area contributed by atoms with Gasteiger partial charge in [-0.1, -0.05) is 60.7 Å². The summed E-state index contributed by atoms with van der Waals surface area (Å²) in [6.07, 6.45) is 3.30. The highest BCUT2D eigenvalue weighted by Gasteiger charge is 2.37. The summed E-state index contributed by atoms with van der Waals surface area (Å²) < 4.78 is 5.91. The Kier molecular flexibility index (Phi) is 5.21. The van der Waals surface area contributed by atoms with Crippen LogP contribution in [0.1, 0.15) is 42.9 Å². The third kappa shape index (κ3) is 4.03. The number of carbonyl (C=O) groups excluding carboxylic acids is 1. The summed E-state index contributed by atoms with van der Waals surface area (Å²) in [4.78, 5) is 14.4. The Morgan fingerprint density at radius 1 is 1.07 bits per heavy atom. The molecule has 2 amide bonds. The van der Waals surface area contributed by atoms with Crippen LogP contribution in [0, 0.1) is 5.41 Å². The van der Waals surface area contributed by atoms with Crippen LogP contribution in [0.5, 0.6) is 0 Å². The minimum atomic E-state index is -0.155. The van der Waals surface area contributed by atoms with Crippen LogP contribution in [0.4, 0.5) is 4.79 Å². The van der Waals surface area contributed by atoms with E-state index < -0.39 is 0 Å². The molecule has 2 aromatic rings. The first kappa shape index (κ1) is 17.7. The van der Waals surface area contributed by atoms with Gasteiger partial charge >= 0.3 is 6.03 Å². The van der Waals surface area contributed by atoms with Crippen molar-refractivity contribution in [3.8, 4) is 0 Å². The highest BCUT2D eigenvalue weighted by molar-refractivity contribution is 5.98. The molecule has 1 heterocycles. The second-order valence-electron chi connectivity index (χ2n) is 7.32. The first-order valence-corrected chi connectivity index (χ1v) is 9.58. The average Bonchev–Trinajstić information content (AvgIpc) is 3.06. The van der Waals surface area contributed by atoms with E-state index in [0.29, 0.717) is 18.9 Å². The third-order valence-electron chi connectivity index (χ3n) is 5.41. The summed E-state index contributed by atoms with van der Waals surface area (Å²) in [5.74, 6) is 0.401. The van der Waals surface area contributed by atoms with Gasteiger partial charge in [-0.25, -0.2) is 4.79 Å². The molecule has 2 N–H and O–H groups in total. The number of rotatable bonds is 5.